The first kappa shape index (κ1) is 22.1. The van der Waals surface area contributed by atoms with Gasteiger partial charge in [-0.25, -0.2) is 9.59 Å². The van der Waals surface area contributed by atoms with Crippen molar-refractivity contribution in [2.75, 3.05) is 19.8 Å². The lowest BCUT2D eigenvalue weighted by Gasteiger charge is -1.94. The third-order valence-electron chi connectivity index (χ3n) is 1.02. The van der Waals surface area contributed by atoms with E-state index in [4.69, 9.17) is 10.2 Å². The molecule has 0 saturated carbocycles. The molecular weight excluding hydrogens is 256 g/mol. The molecular formula is C12H20O7. The molecule has 0 saturated heterocycles. The van der Waals surface area contributed by atoms with E-state index in [1.807, 2.05) is 0 Å². The molecule has 2 N–H and O–H groups in total. The maximum atomic E-state index is 10.1. The van der Waals surface area contributed by atoms with Crippen LogP contribution in [0.3, 0.4) is 0 Å². The van der Waals surface area contributed by atoms with Gasteiger partial charge in [0.2, 0.25) is 0 Å². The van der Waals surface area contributed by atoms with Gasteiger partial charge < -0.3 is 19.7 Å². The Bertz CT molecular complexity index is 284. The molecule has 0 aromatic carbocycles. The van der Waals surface area contributed by atoms with E-state index in [0.717, 1.165) is 12.2 Å². The highest BCUT2D eigenvalue weighted by molar-refractivity contribution is 5.81. The second kappa shape index (κ2) is 18.2. The van der Waals surface area contributed by atoms with Crippen molar-refractivity contribution in [1.82, 2.24) is 0 Å². The number of aliphatic hydroxyl groups is 1. The quantitative estimate of drug-likeness (QED) is 0.556. The molecule has 0 spiro atoms. The molecule has 0 aliphatic heterocycles. The number of carbonyl (C=O) groups excluding carboxylic acids is 2. The number of rotatable bonds is 5. The van der Waals surface area contributed by atoms with Gasteiger partial charge in [-0.1, -0.05) is 13.2 Å². The van der Waals surface area contributed by atoms with Gasteiger partial charge in [0.1, 0.15) is 6.61 Å². The summed E-state index contributed by atoms with van der Waals surface area (Å²) in [6, 6.07) is 0. The molecule has 19 heavy (non-hydrogen) atoms. The lowest BCUT2D eigenvalue weighted by molar-refractivity contribution is -0.140. The highest BCUT2D eigenvalue weighted by Crippen LogP contribution is 1.75. The van der Waals surface area contributed by atoms with Crippen molar-refractivity contribution in [2.24, 2.45) is 0 Å². The molecule has 0 atom stereocenters. The highest BCUT2D eigenvalue weighted by atomic mass is 16.5. The summed E-state index contributed by atoms with van der Waals surface area (Å²) in [6.45, 7) is 9.68. The van der Waals surface area contributed by atoms with Crippen LogP contribution in [0, 0.1) is 0 Å². The Hall–Kier alpha value is -2.15. The first-order chi connectivity index (χ1) is 8.85. The molecule has 0 amide bonds. The lowest BCUT2D eigenvalue weighted by atomic mass is 10.6. The molecule has 0 radical (unpaired) electrons. The number of hydrogen-bond acceptors (Lipinski definition) is 6. The Morgan fingerprint density at radius 1 is 1.16 bits per heavy atom. The van der Waals surface area contributed by atoms with E-state index in [9.17, 15) is 14.4 Å². The zero-order valence-electron chi connectivity index (χ0n) is 11.1. The molecule has 0 heterocycles. The van der Waals surface area contributed by atoms with Crippen LogP contribution in [0.15, 0.2) is 25.3 Å². The summed E-state index contributed by atoms with van der Waals surface area (Å²) in [5, 5.41) is 15.7. The van der Waals surface area contributed by atoms with E-state index < -0.39 is 11.9 Å². The predicted octanol–water partition coefficient (Wildman–Crippen LogP) is 0.534. The molecule has 0 unspecified atom stereocenters. The van der Waals surface area contributed by atoms with E-state index in [2.05, 4.69) is 22.6 Å². The van der Waals surface area contributed by atoms with Crippen LogP contribution < -0.4 is 0 Å². The van der Waals surface area contributed by atoms with Crippen molar-refractivity contribution in [3.8, 4) is 0 Å². The Kier molecular flexibility index (Phi) is 21.2. The van der Waals surface area contributed by atoms with E-state index in [0.29, 0.717) is 6.61 Å². The standard InChI is InChI=1S/C5H8O3.C4H8O2.C3H4O2/c1-2-5(7)8-4-3-6;1-3-6-4(2)5;1-2-3(4)5/h2,6H,1,3-4H2;3H2,1-2H3;2H,1H2,(H,4,5). The summed E-state index contributed by atoms with van der Waals surface area (Å²) in [5.74, 6) is -1.69. The van der Waals surface area contributed by atoms with Crippen LogP contribution in [0.5, 0.6) is 0 Å². The average molecular weight is 276 g/mol. The zero-order valence-corrected chi connectivity index (χ0v) is 11.1. The monoisotopic (exact) mass is 276 g/mol. The molecule has 7 nitrogen and oxygen atoms in total. The second-order valence-corrected chi connectivity index (χ2v) is 2.56. The Labute approximate surface area is 112 Å². The van der Waals surface area contributed by atoms with Crippen molar-refractivity contribution in [1.29, 1.82) is 0 Å². The number of esters is 2. The maximum Gasteiger partial charge on any atom is 0.330 e. The first-order valence-electron chi connectivity index (χ1n) is 5.24. The van der Waals surface area contributed by atoms with Gasteiger partial charge in [0, 0.05) is 19.1 Å². The third kappa shape index (κ3) is 38.8. The molecule has 0 aromatic heterocycles. The average Bonchev–Trinajstić information content (AvgIpc) is 2.37. The van der Waals surface area contributed by atoms with Crippen LogP contribution in [-0.4, -0.2) is 47.9 Å². The van der Waals surface area contributed by atoms with Crippen LogP contribution >= 0.6 is 0 Å². The largest absolute Gasteiger partial charge is 0.478 e. The molecule has 0 rings (SSSR count). The SMILES string of the molecule is C=CC(=O)O.C=CC(=O)OCCO.CCOC(C)=O. The number of carboxylic acid groups (broad SMARTS) is 1. The van der Waals surface area contributed by atoms with Gasteiger partial charge in [-0.05, 0) is 6.92 Å². The summed E-state index contributed by atoms with van der Waals surface area (Å²) >= 11 is 0. The molecule has 0 fully saturated rings. The predicted molar refractivity (Wildman–Crippen MR) is 68.4 cm³/mol. The van der Waals surface area contributed by atoms with Crippen molar-refractivity contribution >= 4 is 17.9 Å². The number of carbonyl (C=O) groups is 3. The van der Waals surface area contributed by atoms with Crippen molar-refractivity contribution in [3.63, 3.8) is 0 Å². The minimum atomic E-state index is -0.981. The van der Waals surface area contributed by atoms with Gasteiger partial charge in [0.15, 0.2) is 0 Å². The number of aliphatic carboxylic acids is 1. The van der Waals surface area contributed by atoms with Crippen LogP contribution in [-0.2, 0) is 23.9 Å². The number of aliphatic hydroxyl groups excluding tert-OH is 1. The highest BCUT2D eigenvalue weighted by Gasteiger charge is 1.90. The Morgan fingerprint density at radius 2 is 1.63 bits per heavy atom. The summed E-state index contributed by atoms with van der Waals surface area (Å²) in [6.07, 6.45) is 1.88. The zero-order chi connectivity index (χ0) is 15.7. The summed E-state index contributed by atoms with van der Waals surface area (Å²) < 4.78 is 8.74. The van der Waals surface area contributed by atoms with Crippen molar-refractivity contribution in [2.45, 2.75) is 13.8 Å². The molecule has 7 heteroatoms. The van der Waals surface area contributed by atoms with E-state index in [1.165, 1.54) is 6.92 Å². The van der Waals surface area contributed by atoms with Crippen LogP contribution in [0.25, 0.3) is 0 Å². The number of carboxylic acids is 1. The van der Waals surface area contributed by atoms with Gasteiger partial charge in [-0.15, -0.1) is 0 Å². The van der Waals surface area contributed by atoms with Gasteiger partial charge in [-0.3, -0.25) is 4.79 Å². The van der Waals surface area contributed by atoms with Crippen LogP contribution in [0.1, 0.15) is 13.8 Å². The molecule has 110 valence electrons. The van der Waals surface area contributed by atoms with E-state index >= 15 is 0 Å². The number of ether oxygens (including phenoxy) is 2. The van der Waals surface area contributed by atoms with Gasteiger partial charge in [0.25, 0.3) is 0 Å². The van der Waals surface area contributed by atoms with Crippen molar-refractivity contribution in [3.05, 3.63) is 25.3 Å². The molecule has 0 aliphatic carbocycles. The minimum absolute atomic E-state index is 0.0465. The normalized spacial score (nSPS) is 7.53. The maximum absolute atomic E-state index is 10.1. The molecule has 0 aliphatic rings. The Morgan fingerprint density at radius 3 is 1.79 bits per heavy atom. The van der Waals surface area contributed by atoms with E-state index in [-0.39, 0.29) is 19.2 Å². The van der Waals surface area contributed by atoms with Gasteiger partial charge in [-0.2, -0.15) is 0 Å². The fourth-order valence-corrected chi connectivity index (χ4v) is 0.408. The summed E-state index contributed by atoms with van der Waals surface area (Å²) in [4.78, 5) is 29.2. The minimum Gasteiger partial charge on any atom is -0.478 e. The lowest BCUT2D eigenvalue weighted by Crippen LogP contribution is -2.04. The van der Waals surface area contributed by atoms with Gasteiger partial charge in [0.05, 0.1) is 13.2 Å². The molecule has 0 bridgehead atoms. The Balaban J connectivity index is -0.000000209. The third-order valence-corrected chi connectivity index (χ3v) is 1.02. The smallest absolute Gasteiger partial charge is 0.330 e. The fraction of sp³-hybridized carbons (Fsp3) is 0.417. The second-order valence-electron chi connectivity index (χ2n) is 2.56. The van der Waals surface area contributed by atoms with Gasteiger partial charge >= 0.3 is 17.9 Å². The first-order valence-corrected chi connectivity index (χ1v) is 5.24. The van der Waals surface area contributed by atoms with E-state index in [1.54, 1.807) is 6.92 Å². The summed E-state index contributed by atoms with van der Waals surface area (Å²) in [7, 11) is 0. The van der Waals surface area contributed by atoms with Crippen LogP contribution in [0.4, 0.5) is 0 Å². The topological polar surface area (TPSA) is 110 Å². The van der Waals surface area contributed by atoms with Crippen LogP contribution in [0.2, 0.25) is 0 Å². The summed E-state index contributed by atoms with van der Waals surface area (Å²) in [5.41, 5.74) is 0. The fourth-order valence-electron chi connectivity index (χ4n) is 0.408. The molecule has 0 aromatic rings. The number of hydrogen-bond donors (Lipinski definition) is 2. The van der Waals surface area contributed by atoms with Crippen molar-refractivity contribution < 1.29 is 34.1 Å².